The smallest absolute Gasteiger partial charge is 0.141 e. The van der Waals surface area contributed by atoms with Crippen LogP contribution in [-0.2, 0) is 28.0 Å². The third-order valence-electron chi connectivity index (χ3n) is 4.53. The van der Waals surface area contributed by atoms with Gasteiger partial charge in [-0.3, -0.25) is 14.8 Å². The number of hydrogen-bond donors (Lipinski definition) is 0. The topological polar surface area (TPSA) is 52.1 Å². The second kappa shape index (κ2) is 7.52. The average Bonchev–Trinajstić information content (AvgIpc) is 2.61. The standard InChI is InChI=1S/C21H21ClN2O2/c1-21(2,26-3)20-15(10-17(25)9-14-5-4-8-23-12-14)13-24-19-7-6-16(22)11-18(19)20/h4-8,11-13H,9-10H2,1-3H3. The van der Waals surface area contributed by atoms with E-state index < -0.39 is 5.60 Å². The predicted octanol–water partition coefficient (Wildman–Crippen LogP) is 4.52. The van der Waals surface area contributed by atoms with Crippen LogP contribution >= 0.6 is 11.6 Å². The van der Waals surface area contributed by atoms with Gasteiger partial charge in [0.1, 0.15) is 5.78 Å². The van der Waals surface area contributed by atoms with Crippen molar-refractivity contribution in [1.29, 1.82) is 0 Å². The molecular formula is C21H21ClN2O2. The first kappa shape index (κ1) is 18.5. The Morgan fingerprint density at radius 2 is 2.00 bits per heavy atom. The first-order valence-electron chi connectivity index (χ1n) is 8.44. The highest BCUT2D eigenvalue weighted by Crippen LogP contribution is 2.34. The molecule has 0 atom stereocenters. The maximum absolute atomic E-state index is 12.6. The summed E-state index contributed by atoms with van der Waals surface area (Å²) in [7, 11) is 1.66. The van der Waals surface area contributed by atoms with Crippen LogP contribution in [0.25, 0.3) is 10.9 Å². The van der Waals surface area contributed by atoms with Crippen LogP contribution in [0.5, 0.6) is 0 Å². The maximum Gasteiger partial charge on any atom is 0.141 e. The van der Waals surface area contributed by atoms with E-state index in [0.717, 1.165) is 27.6 Å². The highest BCUT2D eigenvalue weighted by molar-refractivity contribution is 6.31. The van der Waals surface area contributed by atoms with Crippen molar-refractivity contribution in [2.45, 2.75) is 32.3 Å². The van der Waals surface area contributed by atoms with E-state index in [2.05, 4.69) is 9.97 Å². The number of rotatable bonds is 6. The fourth-order valence-corrected chi connectivity index (χ4v) is 3.33. The molecule has 0 N–H and O–H groups in total. The van der Waals surface area contributed by atoms with Crippen LogP contribution in [0, 0.1) is 0 Å². The fraction of sp³-hybridized carbons (Fsp3) is 0.286. The molecule has 0 aliphatic rings. The van der Waals surface area contributed by atoms with E-state index in [1.54, 1.807) is 25.7 Å². The monoisotopic (exact) mass is 368 g/mol. The Bertz CT molecular complexity index is 939. The van der Waals surface area contributed by atoms with Crippen molar-refractivity contribution in [3.63, 3.8) is 0 Å². The van der Waals surface area contributed by atoms with Crippen molar-refractivity contribution < 1.29 is 9.53 Å². The summed E-state index contributed by atoms with van der Waals surface area (Å²) >= 11 is 6.21. The Labute approximate surface area is 158 Å². The highest BCUT2D eigenvalue weighted by atomic mass is 35.5. The number of carbonyl (C=O) groups is 1. The minimum Gasteiger partial charge on any atom is -0.374 e. The van der Waals surface area contributed by atoms with Crippen molar-refractivity contribution in [3.05, 3.63) is 70.6 Å². The van der Waals surface area contributed by atoms with Gasteiger partial charge >= 0.3 is 0 Å². The Balaban J connectivity index is 2.02. The van der Waals surface area contributed by atoms with E-state index in [1.165, 1.54) is 0 Å². The second-order valence-electron chi connectivity index (χ2n) is 6.79. The molecule has 26 heavy (non-hydrogen) atoms. The number of benzene rings is 1. The molecule has 0 saturated heterocycles. The summed E-state index contributed by atoms with van der Waals surface area (Å²) in [6.45, 7) is 3.97. The van der Waals surface area contributed by atoms with Gasteiger partial charge < -0.3 is 4.74 Å². The van der Waals surface area contributed by atoms with E-state index in [1.807, 2.05) is 44.2 Å². The van der Waals surface area contributed by atoms with Crippen LogP contribution in [0.1, 0.15) is 30.5 Å². The van der Waals surface area contributed by atoms with Gasteiger partial charge in [-0.05, 0) is 54.8 Å². The van der Waals surface area contributed by atoms with Crippen LogP contribution in [0.15, 0.2) is 48.9 Å². The zero-order chi connectivity index (χ0) is 18.7. The number of halogens is 1. The number of pyridine rings is 2. The Morgan fingerprint density at radius 1 is 1.19 bits per heavy atom. The molecule has 134 valence electrons. The fourth-order valence-electron chi connectivity index (χ4n) is 3.16. The van der Waals surface area contributed by atoms with Gasteiger partial charge in [0, 0.05) is 49.0 Å². The van der Waals surface area contributed by atoms with Crippen LogP contribution in [0.3, 0.4) is 0 Å². The summed E-state index contributed by atoms with van der Waals surface area (Å²) in [5.41, 5.74) is 2.97. The summed E-state index contributed by atoms with van der Waals surface area (Å²) in [5.74, 6) is 0.106. The molecule has 0 amide bonds. The quantitative estimate of drug-likeness (QED) is 0.642. The number of carbonyl (C=O) groups excluding carboxylic acids is 1. The first-order valence-corrected chi connectivity index (χ1v) is 8.82. The molecule has 0 aliphatic carbocycles. The summed E-state index contributed by atoms with van der Waals surface area (Å²) in [5, 5.41) is 1.54. The number of ether oxygens (including phenoxy) is 1. The molecule has 0 spiro atoms. The van der Waals surface area contributed by atoms with Crippen molar-refractivity contribution in [1.82, 2.24) is 9.97 Å². The minimum atomic E-state index is -0.574. The SMILES string of the molecule is COC(C)(C)c1c(CC(=O)Cc2cccnc2)cnc2ccc(Cl)cc12. The molecule has 4 nitrogen and oxygen atoms in total. The van der Waals surface area contributed by atoms with Crippen molar-refractivity contribution in [3.8, 4) is 0 Å². The Hall–Kier alpha value is -2.30. The van der Waals surface area contributed by atoms with Gasteiger partial charge in [-0.15, -0.1) is 0 Å². The van der Waals surface area contributed by atoms with Gasteiger partial charge in [0.05, 0.1) is 11.1 Å². The predicted molar refractivity (Wildman–Crippen MR) is 103 cm³/mol. The number of hydrogen-bond acceptors (Lipinski definition) is 4. The number of methoxy groups -OCH3 is 1. The lowest BCUT2D eigenvalue weighted by atomic mass is 9.88. The summed E-state index contributed by atoms with van der Waals surface area (Å²) in [6, 6.07) is 9.32. The van der Waals surface area contributed by atoms with Gasteiger partial charge in [0.25, 0.3) is 0 Å². The third-order valence-corrected chi connectivity index (χ3v) is 4.77. The molecule has 2 heterocycles. The zero-order valence-electron chi connectivity index (χ0n) is 15.1. The van der Waals surface area contributed by atoms with Crippen LogP contribution in [0.2, 0.25) is 5.02 Å². The minimum absolute atomic E-state index is 0.106. The molecule has 0 unspecified atom stereocenters. The average molecular weight is 369 g/mol. The van der Waals surface area contributed by atoms with Crippen molar-refractivity contribution in [2.24, 2.45) is 0 Å². The molecule has 0 bridgehead atoms. The molecule has 0 aliphatic heterocycles. The van der Waals surface area contributed by atoms with Crippen LogP contribution in [0.4, 0.5) is 0 Å². The van der Waals surface area contributed by atoms with Crippen LogP contribution < -0.4 is 0 Å². The van der Waals surface area contributed by atoms with Gasteiger partial charge in [-0.1, -0.05) is 17.7 Å². The molecule has 0 saturated carbocycles. The molecule has 3 rings (SSSR count). The highest BCUT2D eigenvalue weighted by Gasteiger charge is 2.27. The summed E-state index contributed by atoms with van der Waals surface area (Å²) in [4.78, 5) is 21.2. The van der Waals surface area contributed by atoms with E-state index >= 15 is 0 Å². The molecule has 2 aromatic heterocycles. The molecular weight excluding hydrogens is 348 g/mol. The maximum atomic E-state index is 12.6. The lowest BCUT2D eigenvalue weighted by Crippen LogP contribution is -2.23. The van der Waals surface area contributed by atoms with Gasteiger partial charge in [-0.2, -0.15) is 0 Å². The van der Waals surface area contributed by atoms with E-state index in [4.69, 9.17) is 16.3 Å². The van der Waals surface area contributed by atoms with E-state index in [0.29, 0.717) is 11.4 Å². The lowest BCUT2D eigenvalue weighted by molar-refractivity contribution is -0.117. The number of nitrogens with zero attached hydrogens (tertiary/aromatic N) is 2. The molecule has 3 aromatic rings. The Morgan fingerprint density at radius 3 is 2.69 bits per heavy atom. The largest absolute Gasteiger partial charge is 0.374 e. The summed E-state index contributed by atoms with van der Waals surface area (Å²) in [6.07, 6.45) is 5.81. The number of aromatic nitrogens is 2. The lowest BCUT2D eigenvalue weighted by Gasteiger charge is -2.27. The van der Waals surface area contributed by atoms with E-state index in [-0.39, 0.29) is 12.2 Å². The summed E-state index contributed by atoms with van der Waals surface area (Å²) < 4.78 is 5.72. The number of fused-ring (bicyclic) bond motifs is 1. The third kappa shape index (κ3) is 3.92. The molecule has 0 fully saturated rings. The molecule has 0 radical (unpaired) electrons. The van der Waals surface area contributed by atoms with Gasteiger partial charge in [0.15, 0.2) is 0 Å². The second-order valence-corrected chi connectivity index (χ2v) is 7.22. The number of Topliss-reactive ketones (excluding diaryl/α,β-unsaturated/α-hetero) is 1. The van der Waals surface area contributed by atoms with Crippen molar-refractivity contribution >= 4 is 28.3 Å². The van der Waals surface area contributed by atoms with Gasteiger partial charge in [0.2, 0.25) is 0 Å². The Kier molecular flexibility index (Phi) is 5.35. The number of ketones is 1. The van der Waals surface area contributed by atoms with E-state index in [9.17, 15) is 4.79 Å². The molecule has 5 heteroatoms. The van der Waals surface area contributed by atoms with Crippen LogP contribution in [-0.4, -0.2) is 22.9 Å². The van der Waals surface area contributed by atoms with Gasteiger partial charge in [-0.25, -0.2) is 0 Å². The van der Waals surface area contributed by atoms with Crippen molar-refractivity contribution in [2.75, 3.05) is 7.11 Å². The zero-order valence-corrected chi connectivity index (χ0v) is 15.9. The first-order chi connectivity index (χ1) is 12.4. The molecule has 1 aromatic carbocycles. The normalized spacial score (nSPS) is 11.7.